The molecule has 0 spiro atoms. The number of aryl methyl sites for hydroxylation is 1. The highest BCUT2D eigenvalue weighted by molar-refractivity contribution is 8.00. The lowest BCUT2D eigenvalue weighted by Crippen LogP contribution is -2.24. The number of nitrogens with zero attached hydrogens (tertiary/aromatic N) is 1. The van der Waals surface area contributed by atoms with Crippen LogP contribution in [0, 0.1) is 0 Å². The summed E-state index contributed by atoms with van der Waals surface area (Å²) in [6.45, 7) is 2.19. The molecule has 1 atom stereocenters. The van der Waals surface area contributed by atoms with Crippen LogP contribution in [-0.4, -0.2) is 17.1 Å². The Morgan fingerprint density at radius 3 is 2.94 bits per heavy atom. The van der Waals surface area contributed by atoms with Crippen LogP contribution in [0.5, 0.6) is 0 Å². The molecule has 0 bridgehead atoms. The molecule has 1 aromatic carbocycles. The Labute approximate surface area is 104 Å². The SMILES string of the molecule is CC1CCc2ccc(C(=O)N=C(N)N)cc2S1. The van der Waals surface area contributed by atoms with Crippen molar-refractivity contribution in [2.75, 3.05) is 0 Å². The average Bonchev–Trinajstić information content (AvgIpc) is 2.27. The zero-order valence-electron chi connectivity index (χ0n) is 9.64. The van der Waals surface area contributed by atoms with E-state index in [4.69, 9.17) is 11.5 Å². The van der Waals surface area contributed by atoms with Crippen molar-refractivity contribution in [3.8, 4) is 0 Å². The number of benzene rings is 1. The number of hydrogen-bond donors (Lipinski definition) is 2. The van der Waals surface area contributed by atoms with Gasteiger partial charge in [0, 0.05) is 15.7 Å². The number of guanidine groups is 1. The van der Waals surface area contributed by atoms with Gasteiger partial charge in [-0.15, -0.1) is 11.8 Å². The Morgan fingerprint density at radius 2 is 2.24 bits per heavy atom. The van der Waals surface area contributed by atoms with Crippen LogP contribution in [0.15, 0.2) is 28.1 Å². The Morgan fingerprint density at radius 1 is 1.47 bits per heavy atom. The Kier molecular flexibility index (Phi) is 3.38. The first kappa shape index (κ1) is 12.0. The monoisotopic (exact) mass is 249 g/mol. The summed E-state index contributed by atoms with van der Waals surface area (Å²) >= 11 is 1.80. The van der Waals surface area contributed by atoms with Gasteiger partial charge in [0.05, 0.1) is 0 Å². The minimum atomic E-state index is -0.383. The van der Waals surface area contributed by atoms with E-state index in [9.17, 15) is 4.79 Å². The number of fused-ring (bicyclic) bond motifs is 1. The van der Waals surface area contributed by atoms with Crippen LogP contribution < -0.4 is 11.5 Å². The molecule has 4 nitrogen and oxygen atoms in total. The number of nitrogens with two attached hydrogens (primary N) is 2. The molecule has 90 valence electrons. The maximum Gasteiger partial charge on any atom is 0.280 e. The minimum Gasteiger partial charge on any atom is -0.370 e. The summed E-state index contributed by atoms with van der Waals surface area (Å²) in [5.41, 5.74) is 12.2. The van der Waals surface area contributed by atoms with Crippen molar-refractivity contribution in [3.63, 3.8) is 0 Å². The van der Waals surface area contributed by atoms with Crippen LogP contribution in [0.2, 0.25) is 0 Å². The van der Waals surface area contributed by atoms with Gasteiger partial charge in [0.15, 0.2) is 5.96 Å². The van der Waals surface area contributed by atoms with Crippen molar-refractivity contribution >= 4 is 23.6 Å². The van der Waals surface area contributed by atoms with E-state index in [1.54, 1.807) is 17.8 Å². The van der Waals surface area contributed by atoms with Crippen molar-refractivity contribution < 1.29 is 4.79 Å². The van der Waals surface area contributed by atoms with Crippen molar-refractivity contribution in [1.29, 1.82) is 0 Å². The van der Waals surface area contributed by atoms with E-state index in [-0.39, 0.29) is 11.9 Å². The van der Waals surface area contributed by atoms with Crippen molar-refractivity contribution in [1.82, 2.24) is 0 Å². The van der Waals surface area contributed by atoms with Crippen LogP contribution >= 0.6 is 11.8 Å². The fraction of sp³-hybridized carbons (Fsp3) is 0.333. The predicted molar refractivity (Wildman–Crippen MR) is 70.2 cm³/mol. The fourth-order valence-corrected chi connectivity index (χ4v) is 3.01. The molecule has 0 saturated heterocycles. The predicted octanol–water partition coefficient (Wildman–Crippen LogP) is 1.53. The van der Waals surface area contributed by atoms with E-state index in [0.717, 1.165) is 6.42 Å². The molecule has 1 aliphatic rings. The Balaban J connectivity index is 2.30. The highest BCUT2D eigenvalue weighted by Crippen LogP contribution is 2.35. The maximum absolute atomic E-state index is 11.7. The quantitative estimate of drug-likeness (QED) is 0.584. The number of carbonyl (C=O) groups is 1. The molecule has 4 N–H and O–H groups in total. The lowest BCUT2D eigenvalue weighted by molar-refractivity contribution is 0.100. The number of carbonyl (C=O) groups excluding carboxylic acids is 1. The van der Waals surface area contributed by atoms with E-state index < -0.39 is 0 Å². The largest absolute Gasteiger partial charge is 0.370 e. The Hall–Kier alpha value is -1.49. The van der Waals surface area contributed by atoms with Gasteiger partial charge in [0.2, 0.25) is 0 Å². The van der Waals surface area contributed by atoms with E-state index in [1.165, 1.54) is 16.9 Å². The number of thioether (sulfide) groups is 1. The molecule has 5 heteroatoms. The molecular formula is C12H15N3OS. The first-order valence-electron chi connectivity index (χ1n) is 5.50. The van der Waals surface area contributed by atoms with Gasteiger partial charge in [0.1, 0.15) is 0 Å². The Bertz CT molecular complexity index is 481. The van der Waals surface area contributed by atoms with Gasteiger partial charge in [-0.1, -0.05) is 13.0 Å². The molecule has 1 unspecified atom stereocenters. The maximum atomic E-state index is 11.7. The zero-order chi connectivity index (χ0) is 12.4. The molecule has 1 aromatic rings. The smallest absolute Gasteiger partial charge is 0.280 e. The molecule has 1 heterocycles. The number of hydrogen-bond acceptors (Lipinski definition) is 2. The summed E-state index contributed by atoms with van der Waals surface area (Å²) in [5, 5.41) is 0.593. The minimum absolute atomic E-state index is 0.200. The number of amides is 1. The van der Waals surface area contributed by atoms with E-state index in [1.807, 2.05) is 12.1 Å². The summed E-state index contributed by atoms with van der Waals surface area (Å²) in [5.74, 6) is -0.583. The second-order valence-electron chi connectivity index (χ2n) is 4.13. The molecule has 0 aliphatic carbocycles. The molecule has 0 saturated carbocycles. The van der Waals surface area contributed by atoms with E-state index >= 15 is 0 Å². The fourth-order valence-electron chi connectivity index (χ4n) is 1.82. The van der Waals surface area contributed by atoms with E-state index in [2.05, 4.69) is 11.9 Å². The van der Waals surface area contributed by atoms with Gasteiger partial charge in [-0.3, -0.25) is 4.79 Å². The van der Waals surface area contributed by atoms with Crippen molar-refractivity contribution in [2.45, 2.75) is 29.9 Å². The third kappa shape index (κ3) is 2.79. The van der Waals surface area contributed by atoms with Crippen molar-refractivity contribution in [3.05, 3.63) is 29.3 Å². The molecule has 2 rings (SSSR count). The number of aliphatic imine (C=N–C) groups is 1. The zero-order valence-corrected chi connectivity index (χ0v) is 10.5. The molecule has 0 aromatic heterocycles. The third-order valence-electron chi connectivity index (χ3n) is 2.69. The summed E-state index contributed by atoms with van der Waals surface area (Å²) in [6, 6.07) is 5.65. The first-order valence-corrected chi connectivity index (χ1v) is 6.38. The summed E-state index contributed by atoms with van der Waals surface area (Å²) < 4.78 is 0. The third-order valence-corrected chi connectivity index (χ3v) is 3.97. The first-order chi connectivity index (χ1) is 8.06. The summed E-state index contributed by atoms with van der Waals surface area (Å²) in [6.07, 6.45) is 2.25. The van der Waals surface area contributed by atoms with Crippen LogP contribution in [0.1, 0.15) is 29.3 Å². The molecule has 1 aliphatic heterocycles. The van der Waals surface area contributed by atoms with Crippen molar-refractivity contribution in [2.24, 2.45) is 16.5 Å². The van der Waals surface area contributed by atoms with E-state index in [0.29, 0.717) is 10.8 Å². The lowest BCUT2D eigenvalue weighted by atomic mass is 10.1. The molecule has 0 fully saturated rings. The van der Waals surface area contributed by atoms with Crippen LogP contribution in [-0.2, 0) is 6.42 Å². The van der Waals surface area contributed by atoms with Crippen LogP contribution in [0.4, 0.5) is 0 Å². The average molecular weight is 249 g/mol. The standard InChI is InChI=1S/C12H15N3OS/c1-7-2-3-8-4-5-9(6-10(8)17-7)11(16)15-12(13)14/h4-7H,2-3H2,1H3,(H4,13,14,15,16). The number of rotatable bonds is 1. The van der Waals surface area contributed by atoms with Gasteiger partial charge in [-0.05, 0) is 30.5 Å². The highest BCUT2D eigenvalue weighted by atomic mass is 32.2. The van der Waals surface area contributed by atoms with Gasteiger partial charge < -0.3 is 11.5 Å². The molecule has 1 amide bonds. The van der Waals surface area contributed by atoms with Gasteiger partial charge in [0.25, 0.3) is 5.91 Å². The summed E-state index contributed by atoms with van der Waals surface area (Å²) in [4.78, 5) is 16.4. The topological polar surface area (TPSA) is 81.5 Å². The highest BCUT2D eigenvalue weighted by Gasteiger charge is 2.17. The van der Waals surface area contributed by atoms with Gasteiger partial charge in [-0.25, -0.2) is 0 Å². The molecular weight excluding hydrogens is 234 g/mol. The van der Waals surface area contributed by atoms with Crippen LogP contribution in [0.25, 0.3) is 0 Å². The summed E-state index contributed by atoms with van der Waals surface area (Å²) in [7, 11) is 0. The normalized spacial score (nSPS) is 18.3. The second kappa shape index (κ2) is 4.79. The van der Waals surface area contributed by atoms with Gasteiger partial charge >= 0.3 is 0 Å². The molecule has 17 heavy (non-hydrogen) atoms. The molecule has 0 radical (unpaired) electrons. The van der Waals surface area contributed by atoms with Crippen LogP contribution in [0.3, 0.4) is 0 Å². The van der Waals surface area contributed by atoms with Gasteiger partial charge in [-0.2, -0.15) is 4.99 Å². The second-order valence-corrected chi connectivity index (χ2v) is 5.61. The lowest BCUT2D eigenvalue weighted by Gasteiger charge is -2.20.